The first kappa shape index (κ1) is 16.8. The summed E-state index contributed by atoms with van der Waals surface area (Å²) in [5.41, 5.74) is -2.64. The van der Waals surface area contributed by atoms with Gasteiger partial charge in [-0.25, -0.2) is 9.18 Å². The average Bonchev–Trinajstić information content (AvgIpc) is 2.33. The Morgan fingerprint density at radius 2 is 2.10 bits per heavy atom. The first-order valence-corrected chi connectivity index (χ1v) is 7.41. The number of rotatable bonds is 6. The van der Waals surface area contributed by atoms with Crippen molar-refractivity contribution in [2.24, 2.45) is 0 Å². The number of H-pyrrole nitrogens is 1. The lowest BCUT2D eigenvalue weighted by molar-refractivity contribution is -0.0435. The smallest absolute Gasteiger partial charge is 0.351 e. The monoisotopic (exact) mass is 310 g/mol. The van der Waals surface area contributed by atoms with Gasteiger partial charge < -0.3 is 14.5 Å². The lowest BCUT2D eigenvalue weighted by Crippen LogP contribution is -2.42. The zero-order chi connectivity index (χ0) is 15.6. The summed E-state index contributed by atoms with van der Waals surface area (Å²) >= 11 is 0. The standard InChI is InChI=1S/C10H16FN2O6P/c1-7-3-13(9(15)12-8(7)14)5-10(2,4-11)19-6-20(16,17)18/h3H,4-6H2,1-2H3,(H,12,14,15)(H2,16,17,18)/t10-/m1/s1. The third kappa shape index (κ3) is 4.68. The molecule has 3 N–H and O–H groups in total. The second-order valence-electron chi connectivity index (χ2n) is 4.72. The predicted octanol–water partition coefficient (Wildman–Crippen LogP) is -0.275. The largest absolute Gasteiger partial charge is 0.358 e. The third-order valence-corrected chi connectivity index (χ3v) is 3.02. The van der Waals surface area contributed by atoms with Gasteiger partial charge in [0.1, 0.15) is 18.6 Å². The van der Waals surface area contributed by atoms with Gasteiger partial charge in [0.25, 0.3) is 5.56 Å². The second-order valence-corrected chi connectivity index (χ2v) is 6.31. The van der Waals surface area contributed by atoms with Crippen molar-refractivity contribution >= 4 is 7.60 Å². The van der Waals surface area contributed by atoms with Crippen LogP contribution in [0.1, 0.15) is 12.5 Å². The predicted molar refractivity (Wildman–Crippen MR) is 68.4 cm³/mol. The molecule has 1 rings (SSSR count). The average molecular weight is 310 g/mol. The Bertz CT molecular complexity index is 635. The first-order valence-electron chi connectivity index (χ1n) is 5.61. The van der Waals surface area contributed by atoms with E-state index in [1.165, 1.54) is 20.0 Å². The van der Waals surface area contributed by atoms with Gasteiger partial charge in [-0.1, -0.05) is 0 Å². The summed E-state index contributed by atoms with van der Waals surface area (Å²) in [7, 11) is -4.44. The van der Waals surface area contributed by atoms with Gasteiger partial charge >= 0.3 is 13.3 Å². The minimum absolute atomic E-state index is 0.251. The van der Waals surface area contributed by atoms with E-state index in [0.717, 1.165) is 4.57 Å². The van der Waals surface area contributed by atoms with E-state index in [1.54, 1.807) is 0 Å². The molecule has 1 aromatic heterocycles. The molecule has 1 aromatic rings. The van der Waals surface area contributed by atoms with E-state index < -0.39 is 37.5 Å². The quantitative estimate of drug-likeness (QED) is 0.622. The molecule has 0 aliphatic heterocycles. The fourth-order valence-corrected chi connectivity index (χ4v) is 1.94. The highest BCUT2D eigenvalue weighted by Crippen LogP contribution is 2.36. The molecule has 20 heavy (non-hydrogen) atoms. The number of nitrogens with one attached hydrogen (secondary N) is 1. The maximum Gasteiger partial charge on any atom is 0.351 e. The summed E-state index contributed by atoms with van der Waals surface area (Å²) in [6, 6.07) is 0. The van der Waals surface area contributed by atoms with Gasteiger partial charge in [0.15, 0.2) is 0 Å². The second kappa shape index (κ2) is 6.01. The summed E-state index contributed by atoms with van der Waals surface area (Å²) in [6.45, 7) is 1.39. The zero-order valence-corrected chi connectivity index (χ0v) is 11.9. The maximum absolute atomic E-state index is 13.0. The van der Waals surface area contributed by atoms with Crippen molar-refractivity contribution in [3.05, 3.63) is 32.6 Å². The summed E-state index contributed by atoms with van der Waals surface area (Å²) in [6.07, 6.45) is 0.278. The summed E-state index contributed by atoms with van der Waals surface area (Å²) < 4.78 is 29.7. The number of hydrogen-bond acceptors (Lipinski definition) is 4. The van der Waals surface area contributed by atoms with Crippen LogP contribution in [0, 0.1) is 6.92 Å². The highest BCUT2D eigenvalue weighted by Gasteiger charge is 2.30. The van der Waals surface area contributed by atoms with Crippen LogP contribution in [0.2, 0.25) is 0 Å². The molecule has 114 valence electrons. The normalized spacial score (nSPS) is 15.1. The van der Waals surface area contributed by atoms with Crippen molar-refractivity contribution in [1.82, 2.24) is 9.55 Å². The van der Waals surface area contributed by atoms with Gasteiger partial charge in [-0.15, -0.1) is 0 Å². The van der Waals surface area contributed by atoms with Crippen LogP contribution in [0.5, 0.6) is 0 Å². The van der Waals surface area contributed by atoms with Gasteiger partial charge in [0, 0.05) is 11.8 Å². The first-order chi connectivity index (χ1) is 9.06. The van der Waals surface area contributed by atoms with Crippen molar-refractivity contribution < 1.29 is 23.5 Å². The van der Waals surface area contributed by atoms with Crippen molar-refractivity contribution in [2.75, 3.05) is 13.0 Å². The van der Waals surface area contributed by atoms with Crippen molar-refractivity contribution in [1.29, 1.82) is 0 Å². The fourth-order valence-electron chi connectivity index (χ4n) is 1.46. The van der Waals surface area contributed by atoms with Crippen LogP contribution < -0.4 is 11.2 Å². The van der Waals surface area contributed by atoms with Crippen LogP contribution in [-0.4, -0.2) is 38.0 Å². The van der Waals surface area contributed by atoms with Crippen LogP contribution in [0.15, 0.2) is 15.8 Å². The van der Waals surface area contributed by atoms with E-state index in [0.29, 0.717) is 0 Å². The maximum atomic E-state index is 13.0. The number of halogens is 1. The van der Waals surface area contributed by atoms with Crippen molar-refractivity contribution in [3.63, 3.8) is 0 Å². The molecule has 0 unspecified atom stereocenters. The lowest BCUT2D eigenvalue weighted by Gasteiger charge is -2.27. The number of nitrogens with zero attached hydrogens (tertiary/aromatic N) is 1. The minimum atomic E-state index is -4.44. The van der Waals surface area contributed by atoms with Gasteiger partial charge in [-0.3, -0.25) is 18.9 Å². The Morgan fingerprint density at radius 3 is 2.60 bits per heavy atom. The molecule has 0 saturated heterocycles. The third-order valence-electron chi connectivity index (χ3n) is 2.56. The molecular weight excluding hydrogens is 294 g/mol. The Morgan fingerprint density at radius 1 is 1.50 bits per heavy atom. The molecular formula is C10H16FN2O6P. The minimum Gasteiger partial charge on any atom is -0.358 e. The highest BCUT2D eigenvalue weighted by atomic mass is 31.2. The number of hydrogen-bond donors (Lipinski definition) is 3. The molecule has 0 spiro atoms. The topological polar surface area (TPSA) is 122 Å². The number of aromatic amines is 1. The Hall–Kier alpha value is -1.28. The highest BCUT2D eigenvalue weighted by molar-refractivity contribution is 7.51. The molecule has 0 radical (unpaired) electrons. The SMILES string of the molecule is Cc1cn(C[C@@](C)(CF)OCP(=O)(O)O)c(=O)[nH]c1=O. The van der Waals surface area contributed by atoms with E-state index in [1.807, 2.05) is 4.98 Å². The summed E-state index contributed by atoms with van der Waals surface area (Å²) in [5.74, 6) is 0. The van der Waals surface area contributed by atoms with Crippen LogP contribution in [0.4, 0.5) is 4.39 Å². The Kier molecular flexibility index (Phi) is 5.04. The molecule has 0 bridgehead atoms. The van der Waals surface area contributed by atoms with Crippen LogP contribution in [0.25, 0.3) is 0 Å². The number of ether oxygens (including phenoxy) is 1. The zero-order valence-electron chi connectivity index (χ0n) is 11.0. The van der Waals surface area contributed by atoms with Crippen LogP contribution in [-0.2, 0) is 15.8 Å². The van der Waals surface area contributed by atoms with Crippen molar-refractivity contribution in [2.45, 2.75) is 26.0 Å². The van der Waals surface area contributed by atoms with E-state index in [-0.39, 0.29) is 12.1 Å². The molecule has 0 aliphatic rings. The Labute approximate surface area is 113 Å². The molecule has 0 fully saturated rings. The van der Waals surface area contributed by atoms with Gasteiger partial charge in [0.2, 0.25) is 0 Å². The number of aryl methyl sites for hydroxylation is 1. The molecule has 0 saturated carbocycles. The molecule has 0 aliphatic carbocycles. The summed E-state index contributed by atoms with van der Waals surface area (Å²) in [5, 5.41) is 0. The fraction of sp³-hybridized carbons (Fsp3) is 0.600. The van der Waals surface area contributed by atoms with Crippen molar-refractivity contribution in [3.8, 4) is 0 Å². The molecule has 1 atom stereocenters. The van der Waals surface area contributed by atoms with Crippen LogP contribution in [0.3, 0.4) is 0 Å². The Balaban J connectivity index is 2.98. The van der Waals surface area contributed by atoms with E-state index in [4.69, 9.17) is 14.5 Å². The summed E-state index contributed by atoms with van der Waals surface area (Å²) in [4.78, 5) is 42.3. The number of aromatic nitrogens is 2. The van der Waals surface area contributed by atoms with Gasteiger partial charge in [0.05, 0.1) is 6.54 Å². The van der Waals surface area contributed by atoms with E-state index in [9.17, 15) is 18.5 Å². The molecule has 10 heteroatoms. The van der Waals surface area contributed by atoms with E-state index >= 15 is 0 Å². The van der Waals surface area contributed by atoms with E-state index in [2.05, 4.69) is 0 Å². The molecule has 1 heterocycles. The lowest BCUT2D eigenvalue weighted by atomic mass is 10.1. The molecule has 0 aromatic carbocycles. The van der Waals surface area contributed by atoms with Crippen LogP contribution >= 0.6 is 7.60 Å². The number of alkyl halides is 1. The van der Waals surface area contributed by atoms with Gasteiger partial charge in [-0.2, -0.15) is 0 Å². The molecule has 8 nitrogen and oxygen atoms in total. The van der Waals surface area contributed by atoms with Gasteiger partial charge in [-0.05, 0) is 13.8 Å². The molecule has 0 amide bonds.